The van der Waals surface area contributed by atoms with Crippen LogP contribution in [0.2, 0.25) is 0 Å². The van der Waals surface area contributed by atoms with Gasteiger partial charge in [-0.2, -0.15) is 0 Å². The average molecular weight is 229 g/mol. The summed E-state index contributed by atoms with van der Waals surface area (Å²) in [6, 6.07) is 0. The molecule has 0 aliphatic carbocycles. The van der Waals surface area contributed by atoms with Crippen LogP contribution in [0.25, 0.3) is 0 Å². The van der Waals surface area contributed by atoms with Crippen LogP contribution in [-0.4, -0.2) is 37.0 Å². The molecule has 0 aromatic heterocycles. The van der Waals surface area contributed by atoms with Crippen molar-refractivity contribution in [3.05, 3.63) is 0 Å². The highest BCUT2D eigenvalue weighted by Crippen LogP contribution is 1.96. The second kappa shape index (κ2) is 8.60. The van der Waals surface area contributed by atoms with Gasteiger partial charge in [-0.05, 0) is 13.0 Å². The average Bonchev–Trinajstić information content (AvgIpc) is 2.01. The van der Waals surface area contributed by atoms with Crippen molar-refractivity contribution < 1.29 is 4.79 Å². The number of rotatable bonds is 3. The largest absolute Gasteiger partial charge is 0.354 e. The number of amides is 1. The van der Waals surface area contributed by atoms with Crippen molar-refractivity contribution in [2.24, 2.45) is 0 Å². The quantitative estimate of drug-likeness (QED) is 0.784. The Kier molecular flexibility index (Phi) is 10.2. The molecule has 0 aromatic rings. The van der Waals surface area contributed by atoms with Gasteiger partial charge in [0.15, 0.2) is 0 Å². The molecule has 5 heteroatoms. The fourth-order valence-corrected chi connectivity index (χ4v) is 1.26. The second-order valence-electron chi connectivity index (χ2n) is 2.98. The molecule has 1 aliphatic heterocycles. The molecule has 0 radical (unpaired) electrons. The van der Waals surface area contributed by atoms with Crippen molar-refractivity contribution in [2.75, 3.05) is 26.2 Å². The smallest absolute Gasteiger partial charge is 0.234 e. The van der Waals surface area contributed by atoms with E-state index in [1.807, 2.05) is 0 Å². The molecule has 0 unspecified atom stereocenters. The lowest BCUT2D eigenvalue weighted by Crippen LogP contribution is -2.47. The molecule has 80 valence electrons. The van der Waals surface area contributed by atoms with Gasteiger partial charge >= 0.3 is 0 Å². The van der Waals surface area contributed by atoms with E-state index in [1.165, 1.54) is 12.8 Å². The Balaban J connectivity index is 0. The van der Waals surface area contributed by atoms with Gasteiger partial charge in [0.1, 0.15) is 0 Å². The highest BCUT2D eigenvalue weighted by Gasteiger charge is 2.14. The number of piperazine rings is 1. The van der Waals surface area contributed by atoms with Gasteiger partial charge in [-0.15, -0.1) is 24.8 Å². The van der Waals surface area contributed by atoms with Crippen molar-refractivity contribution in [1.29, 1.82) is 0 Å². The van der Waals surface area contributed by atoms with Crippen LogP contribution in [0, 0.1) is 0 Å². The third-order valence-corrected chi connectivity index (χ3v) is 1.95. The highest BCUT2D eigenvalue weighted by atomic mass is 35.5. The fraction of sp³-hybridized carbons (Fsp3) is 0.875. The lowest BCUT2D eigenvalue weighted by atomic mass is 10.3. The zero-order chi connectivity index (χ0) is 8.10. The molecule has 1 saturated heterocycles. The van der Waals surface area contributed by atoms with Crippen LogP contribution in [0.3, 0.4) is 0 Å². The predicted octanol–water partition coefficient (Wildman–Crippen LogP) is 1.06. The second-order valence-corrected chi connectivity index (χ2v) is 2.98. The predicted molar refractivity (Wildman–Crippen MR) is 58.9 cm³/mol. The van der Waals surface area contributed by atoms with Gasteiger partial charge in [0.05, 0.1) is 6.54 Å². The van der Waals surface area contributed by atoms with E-state index in [4.69, 9.17) is 0 Å². The minimum absolute atomic E-state index is 0. The van der Waals surface area contributed by atoms with Crippen LogP contribution >= 0.6 is 24.8 Å². The van der Waals surface area contributed by atoms with Gasteiger partial charge < -0.3 is 5.32 Å². The number of halogens is 2. The van der Waals surface area contributed by atoms with E-state index in [-0.39, 0.29) is 30.7 Å². The highest BCUT2D eigenvalue weighted by molar-refractivity contribution is 5.85. The van der Waals surface area contributed by atoms with Crippen molar-refractivity contribution in [2.45, 2.75) is 19.8 Å². The zero-order valence-electron chi connectivity index (χ0n) is 7.91. The molecular formula is C8H18Cl2N2O. The Hall–Kier alpha value is 0.01000. The van der Waals surface area contributed by atoms with Crippen LogP contribution in [0.1, 0.15) is 19.8 Å². The van der Waals surface area contributed by atoms with Crippen LogP contribution in [0.4, 0.5) is 0 Å². The van der Waals surface area contributed by atoms with E-state index in [9.17, 15) is 4.79 Å². The maximum Gasteiger partial charge on any atom is 0.234 e. The Morgan fingerprint density at radius 1 is 1.46 bits per heavy atom. The summed E-state index contributed by atoms with van der Waals surface area (Å²) in [5.74, 6) is 0.173. The summed E-state index contributed by atoms with van der Waals surface area (Å²) in [5, 5.41) is 2.81. The Morgan fingerprint density at radius 3 is 2.69 bits per heavy atom. The van der Waals surface area contributed by atoms with E-state index in [2.05, 4.69) is 17.1 Å². The van der Waals surface area contributed by atoms with E-state index < -0.39 is 0 Å². The summed E-state index contributed by atoms with van der Waals surface area (Å²) in [7, 11) is 0. The van der Waals surface area contributed by atoms with E-state index >= 15 is 0 Å². The van der Waals surface area contributed by atoms with Gasteiger partial charge in [0.2, 0.25) is 5.91 Å². The molecule has 0 bridgehead atoms. The van der Waals surface area contributed by atoms with Crippen LogP contribution in [0.5, 0.6) is 0 Å². The summed E-state index contributed by atoms with van der Waals surface area (Å²) in [5.41, 5.74) is 0. The van der Waals surface area contributed by atoms with Crippen molar-refractivity contribution in [1.82, 2.24) is 10.2 Å². The van der Waals surface area contributed by atoms with E-state index in [0.717, 1.165) is 19.6 Å². The number of nitrogens with zero attached hydrogens (tertiary/aromatic N) is 1. The Bertz CT molecular complexity index is 144. The van der Waals surface area contributed by atoms with Crippen LogP contribution in [-0.2, 0) is 4.79 Å². The first-order chi connectivity index (χ1) is 5.33. The molecule has 1 N–H and O–H groups in total. The van der Waals surface area contributed by atoms with Gasteiger partial charge in [-0.1, -0.05) is 13.3 Å². The molecule has 1 aliphatic rings. The number of hydrogen-bond donors (Lipinski definition) is 1. The fourth-order valence-electron chi connectivity index (χ4n) is 1.26. The third kappa shape index (κ3) is 6.13. The van der Waals surface area contributed by atoms with Gasteiger partial charge in [-0.25, -0.2) is 0 Å². The number of carbonyl (C=O) groups excluding carboxylic acids is 1. The first kappa shape index (κ1) is 15.5. The summed E-state index contributed by atoms with van der Waals surface area (Å²) in [6.07, 6.45) is 2.41. The molecule has 1 rings (SSSR count). The van der Waals surface area contributed by atoms with E-state index in [1.54, 1.807) is 0 Å². The Labute approximate surface area is 92.1 Å². The monoisotopic (exact) mass is 228 g/mol. The Morgan fingerprint density at radius 2 is 2.15 bits per heavy atom. The maximum atomic E-state index is 10.9. The maximum absolute atomic E-state index is 10.9. The molecule has 13 heavy (non-hydrogen) atoms. The lowest BCUT2D eigenvalue weighted by Gasteiger charge is -2.25. The van der Waals surface area contributed by atoms with Crippen LogP contribution < -0.4 is 5.32 Å². The standard InChI is InChI=1S/C8H16N2O.2ClH/c1-2-3-5-10-6-4-9-8(11)7-10;;/h2-7H2,1H3,(H,9,11);2*1H. The molecule has 1 heterocycles. The van der Waals surface area contributed by atoms with Crippen molar-refractivity contribution >= 4 is 30.7 Å². The molecule has 0 atom stereocenters. The number of carbonyl (C=O) groups is 1. The third-order valence-electron chi connectivity index (χ3n) is 1.95. The molecule has 1 amide bonds. The molecule has 0 aromatic carbocycles. The van der Waals surface area contributed by atoms with Crippen molar-refractivity contribution in [3.63, 3.8) is 0 Å². The summed E-state index contributed by atoms with van der Waals surface area (Å²) in [6.45, 7) is 5.68. The normalized spacial score (nSPS) is 16.8. The number of unbranched alkanes of at least 4 members (excludes halogenated alkanes) is 1. The van der Waals surface area contributed by atoms with Gasteiger partial charge in [-0.3, -0.25) is 9.69 Å². The zero-order valence-corrected chi connectivity index (χ0v) is 9.55. The lowest BCUT2D eigenvalue weighted by molar-refractivity contribution is -0.124. The SMILES string of the molecule is CCCCN1CCNC(=O)C1.Cl.Cl. The molecule has 0 spiro atoms. The van der Waals surface area contributed by atoms with Crippen molar-refractivity contribution in [3.8, 4) is 0 Å². The summed E-state index contributed by atoms with van der Waals surface area (Å²) < 4.78 is 0. The summed E-state index contributed by atoms with van der Waals surface area (Å²) >= 11 is 0. The molecule has 1 fully saturated rings. The first-order valence-electron chi connectivity index (χ1n) is 4.32. The first-order valence-corrected chi connectivity index (χ1v) is 4.32. The van der Waals surface area contributed by atoms with E-state index in [0.29, 0.717) is 6.54 Å². The molecule has 3 nitrogen and oxygen atoms in total. The van der Waals surface area contributed by atoms with Gasteiger partial charge in [0, 0.05) is 13.1 Å². The summed E-state index contributed by atoms with van der Waals surface area (Å²) in [4.78, 5) is 13.1. The van der Waals surface area contributed by atoms with Gasteiger partial charge in [0.25, 0.3) is 0 Å². The van der Waals surface area contributed by atoms with Crippen LogP contribution in [0.15, 0.2) is 0 Å². The minimum Gasteiger partial charge on any atom is -0.354 e. The number of hydrogen-bond acceptors (Lipinski definition) is 2. The molecular weight excluding hydrogens is 211 g/mol. The topological polar surface area (TPSA) is 32.3 Å². The molecule has 0 saturated carbocycles. The minimum atomic E-state index is 0. The number of nitrogens with one attached hydrogen (secondary N) is 1.